The minimum absolute atomic E-state index is 0.172. The second-order valence-electron chi connectivity index (χ2n) is 8.29. The van der Waals surface area contributed by atoms with Crippen molar-refractivity contribution in [3.8, 4) is 0 Å². The Balaban J connectivity index is 1.40. The topological polar surface area (TPSA) is 79.2 Å². The van der Waals surface area contributed by atoms with Gasteiger partial charge < -0.3 is 14.3 Å². The van der Waals surface area contributed by atoms with E-state index in [1.54, 1.807) is 11.9 Å². The number of amides is 1. The molecule has 0 bridgehead atoms. The predicted octanol–water partition coefficient (Wildman–Crippen LogP) is 5.57. The number of para-hydroxylation sites is 1. The maximum Gasteiger partial charge on any atom is 0.290 e. The molecule has 1 fully saturated rings. The van der Waals surface area contributed by atoms with Crippen LogP contribution in [0.3, 0.4) is 0 Å². The number of carbonyl (C=O) groups excluding carboxylic acids is 1. The van der Waals surface area contributed by atoms with E-state index in [1.165, 1.54) is 43.4 Å². The number of thiophene rings is 1. The Kier molecular flexibility index (Phi) is 6.06. The lowest BCUT2D eigenvalue weighted by atomic mass is 10.0. The number of nitrogens with zero attached hydrogens (tertiary/aromatic N) is 2. The molecular formula is C24H25N3O3S2. The van der Waals surface area contributed by atoms with E-state index in [1.807, 2.05) is 47.5 Å². The van der Waals surface area contributed by atoms with E-state index >= 15 is 0 Å². The molecule has 4 aromatic rings. The summed E-state index contributed by atoms with van der Waals surface area (Å²) < 4.78 is 6.65. The highest BCUT2D eigenvalue weighted by atomic mass is 32.2. The quantitative estimate of drug-likeness (QED) is 0.401. The average molecular weight is 468 g/mol. The van der Waals surface area contributed by atoms with Crippen LogP contribution in [0.2, 0.25) is 0 Å². The Morgan fingerprint density at radius 3 is 2.91 bits per heavy atom. The average Bonchev–Trinajstić information content (AvgIpc) is 3.43. The van der Waals surface area contributed by atoms with Crippen molar-refractivity contribution in [3.05, 3.63) is 63.2 Å². The van der Waals surface area contributed by atoms with Crippen LogP contribution in [0, 0.1) is 0 Å². The van der Waals surface area contributed by atoms with Crippen LogP contribution in [0.25, 0.3) is 21.2 Å². The van der Waals surface area contributed by atoms with E-state index in [4.69, 9.17) is 4.42 Å². The van der Waals surface area contributed by atoms with Crippen molar-refractivity contribution in [1.29, 1.82) is 0 Å². The van der Waals surface area contributed by atoms with E-state index in [2.05, 4.69) is 9.97 Å². The first-order chi connectivity index (χ1) is 15.6. The van der Waals surface area contributed by atoms with Crippen LogP contribution in [0.15, 0.2) is 44.9 Å². The van der Waals surface area contributed by atoms with Gasteiger partial charge in [-0.25, -0.2) is 4.98 Å². The molecule has 6 nitrogen and oxygen atoms in total. The Morgan fingerprint density at radius 1 is 1.25 bits per heavy atom. The van der Waals surface area contributed by atoms with Gasteiger partial charge >= 0.3 is 0 Å². The first-order valence-electron chi connectivity index (χ1n) is 10.9. The van der Waals surface area contributed by atoms with Gasteiger partial charge in [-0.3, -0.25) is 9.59 Å². The minimum Gasteiger partial charge on any atom is -0.451 e. The number of rotatable bonds is 6. The fraction of sp³-hybridized carbons (Fsp3) is 0.375. The molecule has 0 radical (unpaired) electrons. The molecule has 8 heteroatoms. The number of furan rings is 1. The number of carbonyl (C=O) groups is 1. The van der Waals surface area contributed by atoms with Gasteiger partial charge in [0.25, 0.3) is 11.5 Å². The molecule has 32 heavy (non-hydrogen) atoms. The molecule has 0 unspecified atom stereocenters. The second-order valence-corrected chi connectivity index (χ2v) is 10.5. The molecule has 3 heterocycles. The van der Waals surface area contributed by atoms with Crippen molar-refractivity contribution < 1.29 is 9.21 Å². The third kappa shape index (κ3) is 4.21. The van der Waals surface area contributed by atoms with Crippen molar-refractivity contribution in [1.82, 2.24) is 14.9 Å². The fourth-order valence-corrected chi connectivity index (χ4v) is 6.40. The third-order valence-electron chi connectivity index (χ3n) is 6.01. The van der Waals surface area contributed by atoms with E-state index in [9.17, 15) is 9.59 Å². The lowest BCUT2D eigenvalue weighted by Gasteiger charge is -2.21. The largest absolute Gasteiger partial charge is 0.451 e. The molecular weight excluding hydrogens is 442 g/mol. The molecule has 166 valence electrons. The predicted molar refractivity (Wildman–Crippen MR) is 130 cm³/mol. The highest BCUT2D eigenvalue weighted by molar-refractivity contribution is 7.99. The van der Waals surface area contributed by atoms with E-state index in [0.717, 1.165) is 22.3 Å². The summed E-state index contributed by atoms with van der Waals surface area (Å²) in [5, 5.41) is 3.49. The molecule has 0 spiro atoms. The highest BCUT2D eigenvalue weighted by Crippen LogP contribution is 2.35. The Bertz CT molecular complexity index is 1320. The van der Waals surface area contributed by atoms with Gasteiger partial charge in [0, 0.05) is 29.0 Å². The maximum absolute atomic E-state index is 13.4. The number of fused-ring (bicyclic) bond motifs is 2. The fourth-order valence-electron chi connectivity index (χ4n) is 4.31. The molecule has 1 saturated carbocycles. The van der Waals surface area contributed by atoms with Crippen molar-refractivity contribution in [2.75, 3.05) is 7.05 Å². The van der Waals surface area contributed by atoms with Gasteiger partial charge in [-0.1, -0.05) is 37.5 Å². The number of aromatic amines is 1. The van der Waals surface area contributed by atoms with Crippen LogP contribution in [-0.4, -0.2) is 33.1 Å². The van der Waals surface area contributed by atoms with Gasteiger partial charge in [-0.2, -0.15) is 11.8 Å². The third-order valence-corrected chi connectivity index (χ3v) is 8.31. The zero-order valence-electron chi connectivity index (χ0n) is 17.9. The van der Waals surface area contributed by atoms with Crippen LogP contribution in [0.5, 0.6) is 0 Å². The molecule has 1 amide bonds. The summed E-state index contributed by atoms with van der Waals surface area (Å²) in [7, 11) is 1.71. The Hall–Kier alpha value is -2.58. The zero-order valence-corrected chi connectivity index (χ0v) is 19.6. The van der Waals surface area contributed by atoms with Crippen molar-refractivity contribution in [2.45, 2.75) is 49.7 Å². The van der Waals surface area contributed by atoms with Crippen LogP contribution >= 0.6 is 23.1 Å². The van der Waals surface area contributed by atoms with E-state index < -0.39 is 0 Å². The number of thioether (sulfide) groups is 1. The van der Waals surface area contributed by atoms with Crippen molar-refractivity contribution >= 4 is 50.2 Å². The second kappa shape index (κ2) is 9.11. The van der Waals surface area contributed by atoms with Crippen LogP contribution in [-0.2, 0) is 12.3 Å². The Labute approximate surface area is 194 Å². The van der Waals surface area contributed by atoms with Gasteiger partial charge in [-0.05, 0) is 30.4 Å². The van der Waals surface area contributed by atoms with Gasteiger partial charge in [0.2, 0.25) is 0 Å². The molecule has 0 atom stereocenters. The number of hydrogen-bond donors (Lipinski definition) is 1. The molecule has 3 aromatic heterocycles. The lowest BCUT2D eigenvalue weighted by Crippen LogP contribution is -2.28. The number of nitrogens with one attached hydrogen (secondary N) is 1. The number of hydrogen-bond acceptors (Lipinski definition) is 6. The number of H-pyrrole nitrogens is 1. The smallest absolute Gasteiger partial charge is 0.290 e. The molecule has 1 aliphatic carbocycles. The molecule has 0 saturated heterocycles. The zero-order chi connectivity index (χ0) is 22.1. The standard InChI is InChI=1S/C24H25N3O3S2/c1-27(13-20-25-18-11-12-31-22(18)23(28)26-20)24(29)21-17(14-32-15-7-3-2-4-8-15)16-9-5-6-10-19(16)30-21/h5-6,9-12,15H,2-4,7-8,13-14H2,1H3,(H,25,26,28). The summed E-state index contributed by atoms with van der Waals surface area (Å²) in [5.41, 5.74) is 2.18. The summed E-state index contributed by atoms with van der Waals surface area (Å²) in [5.74, 6) is 1.41. The monoisotopic (exact) mass is 467 g/mol. The normalized spacial score (nSPS) is 14.9. The van der Waals surface area contributed by atoms with Gasteiger partial charge in [0.05, 0.1) is 12.1 Å². The summed E-state index contributed by atoms with van der Waals surface area (Å²) in [4.78, 5) is 34.5. The number of aromatic nitrogens is 2. The molecule has 1 aromatic carbocycles. The highest BCUT2D eigenvalue weighted by Gasteiger charge is 2.25. The minimum atomic E-state index is -0.200. The van der Waals surface area contributed by atoms with Crippen LogP contribution in [0.4, 0.5) is 0 Å². The SMILES string of the molecule is CN(Cc1nc2ccsc2c(=O)[nH]1)C(=O)c1oc2ccccc2c1CSC1CCCCC1. The molecule has 1 N–H and O–H groups in total. The molecule has 5 rings (SSSR count). The summed E-state index contributed by atoms with van der Waals surface area (Å²) in [6.45, 7) is 0.201. The molecule has 1 aliphatic rings. The van der Waals surface area contributed by atoms with Crippen LogP contribution < -0.4 is 5.56 Å². The number of benzene rings is 1. The first-order valence-corrected chi connectivity index (χ1v) is 12.9. The Morgan fingerprint density at radius 2 is 2.06 bits per heavy atom. The van der Waals surface area contributed by atoms with E-state index in [0.29, 0.717) is 27.1 Å². The first kappa shape index (κ1) is 21.3. The van der Waals surface area contributed by atoms with E-state index in [-0.39, 0.29) is 18.0 Å². The summed E-state index contributed by atoms with van der Waals surface area (Å²) in [6, 6.07) is 9.66. The van der Waals surface area contributed by atoms with Crippen molar-refractivity contribution in [3.63, 3.8) is 0 Å². The van der Waals surface area contributed by atoms with Crippen LogP contribution in [0.1, 0.15) is 54.0 Å². The summed E-state index contributed by atoms with van der Waals surface area (Å²) in [6.07, 6.45) is 6.39. The van der Waals surface area contributed by atoms with Gasteiger partial charge in [0.15, 0.2) is 5.76 Å². The lowest BCUT2D eigenvalue weighted by molar-refractivity contribution is 0.0751. The summed E-state index contributed by atoms with van der Waals surface area (Å²) >= 11 is 3.29. The van der Waals surface area contributed by atoms with Crippen molar-refractivity contribution in [2.24, 2.45) is 0 Å². The maximum atomic E-state index is 13.4. The van der Waals surface area contributed by atoms with Gasteiger partial charge in [0.1, 0.15) is 16.1 Å². The molecule has 0 aliphatic heterocycles. The van der Waals surface area contributed by atoms with Gasteiger partial charge in [-0.15, -0.1) is 11.3 Å².